The van der Waals surface area contributed by atoms with Crippen molar-refractivity contribution in [2.75, 3.05) is 12.5 Å². The molecule has 1 aliphatic heterocycles. The number of anilines is 1. The Kier molecular flexibility index (Phi) is 3.05. The van der Waals surface area contributed by atoms with Crippen LogP contribution in [-0.4, -0.2) is 6.79 Å². The monoisotopic (exact) mass is 268 g/mol. The third-order valence-corrected chi connectivity index (χ3v) is 3.02. The first-order valence-electron chi connectivity index (χ1n) is 6.08. The van der Waals surface area contributed by atoms with Gasteiger partial charge in [-0.05, 0) is 29.8 Å². The second kappa shape index (κ2) is 5.02. The molecule has 3 rings (SSSR count). The number of hydrogen-bond acceptors (Lipinski definition) is 5. The number of benzene rings is 2. The molecule has 0 unspecified atom stereocenters. The largest absolute Gasteiger partial charge is 0.487 e. The number of fused-ring (bicyclic) bond motifs is 1. The first-order chi connectivity index (χ1) is 9.78. The number of para-hydroxylation sites is 1. The molecule has 0 bridgehead atoms. The Balaban J connectivity index is 1.76. The second-order valence-electron chi connectivity index (χ2n) is 4.31. The van der Waals surface area contributed by atoms with Crippen molar-refractivity contribution in [1.29, 1.82) is 5.26 Å². The van der Waals surface area contributed by atoms with Gasteiger partial charge in [-0.3, -0.25) is 0 Å². The summed E-state index contributed by atoms with van der Waals surface area (Å²) in [4.78, 5) is 0. The number of nitrogens with zero attached hydrogens (tertiary/aromatic N) is 1. The number of nitrogen functional groups attached to an aromatic ring is 1. The standard InChI is InChI=1S/C15H12N2O3/c16-7-11-2-1-3-13(15(11)17)18-8-10-4-5-12-14(6-10)20-9-19-12/h1-6H,8-9,17H2. The molecule has 100 valence electrons. The summed E-state index contributed by atoms with van der Waals surface area (Å²) >= 11 is 0. The lowest BCUT2D eigenvalue weighted by Crippen LogP contribution is -2.00. The van der Waals surface area contributed by atoms with Crippen LogP contribution in [0, 0.1) is 11.3 Å². The molecule has 0 aliphatic carbocycles. The van der Waals surface area contributed by atoms with Crippen molar-refractivity contribution in [3.63, 3.8) is 0 Å². The smallest absolute Gasteiger partial charge is 0.231 e. The van der Waals surface area contributed by atoms with Crippen LogP contribution in [0.15, 0.2) is 36.4 Å². The molecular weight excluding hydrogens is 256 g/mol. The van der Waals surface area contributed by atoms with Crippen LogP contribution >= 0.6 is 0 Å². The Morgan fingerprint density at radius 2 is 2.05 bits per heavy atom. The zero-order chi connectivity index (χ0) is 13.9. The number of rotatable bonds is 3. The summed E-state index contributed by atoms with van der Waals surface area (Å²) in [6.07, 6.45) is 0. The fraction of sp³-hybridized carbons (Fsp3) is 0.133. The molecule has 0 aromatic heterocycles. The van der Waals surface area contributed by atoms with Crippen molar-refractivity contribution >= 4 is 5.69 Å². The predicted octanol–water partition coefficient (Wildman–Crippen LogP) is 2.45. The van der Waals surface area contributed by atoms with Crippen molar-refractivity contribution in [3.05, 3.63) is 47.5 Å². The molecule has 0 spiro atoms. The van der Waals surface area contributed by atoms with Gasteiger partial charge in [0, 0.05) is 0 Å². The minimum absolute atomic E-state index is 0.247. The van der Waals surface area contributed by atoms with Crippen LogP contribution in [0.2, 0.25) is 0 Å². The summed E-state index contributed by atoms with van der Waals surface area (Å²) in [6.45, 7) is 0.590. The first kappa shape index (κ1) is 12.2. The van der Waals surface area contributed by atoms with Crippen LogP contribution in [0.1, 0.15) is 11.1 Å². The Morgan fingerprint density at radius 1 is 1.20 bits per heavy atom. The van der Waals surface area contributed by atoms with E-state index in [0.29, 0.717) is 29.4 Å². The number of nitrogens with two attached hydrogens (primary N) is 1. The molecule has 0 radical (unpaired) electrons. The summed E-state index contributed by atoms with van der Waals surface area (Å²) in [5.41, 5.74) is 7.56. The van der Waals surface area contributed by atoms with Gasteiger partial charge < -0.3 is 19.9 Å². The predicted molar refractivity (Wildman–Crippen MR) is 72.5 cm³/mol. The van der Waals surface area contributed by atoms with Gasteiger partial charge in [-0.25, -0.2) is 0 Å². The fourth-order valence-corrected chi connectivity index (χ4v) is 1.96. The van der Waals surface area contributed by atoms with Gasteiger partial charge in [-0.1, -0.05) is 12.1 Å². The highest BCUT2D eigenvalue weighted by atomic mass is 16.7. The van der Waals surface area contributed by atoms with Gasteiger partial charge >= 0.3 is 0 Å². The summed E-state index contributed by atoms with van der Waals surface area (Å²) in [7, 11) is 0. The molecule has 1 heterocycles. The molecule has 0 amide bonds. The lowest BCUT2D eigenvalue weighted by Gasteiger charge is -2.10. The van der Waals surface area contributed by atoms with E-state index in [9.17, 15) is 0 Å². The lowest BCUT2D eigenvalue weighted by molar-refractivity contribution is 0.174. The molecule has 2 aromatic rings. The van der Waals surface area contributed by atoms with E-state index in [1.165, 1.54) is 0 Å². The van der Waals surface area contributed by atoms with Crippen LogP contribution in [0.5, 0.6) is 17.2 Å². The average Bonchev–Trinajstić information content (AvgIpc) is 2.93. The van der Waals surface area contributed by atoms with Crippen LogP contribution < -0.4 is 19.9 Å². The van der Waals surface area contributed by atoms with E-state index < -0.39 is 0 Å². The van der Waals surface area contributed by atoms with Gasteiger partial charge in [0.05, 0.1) is 11.3 Å². The van der Waals surface area contributed by atoms with Gasteiger partial charge in [0.15, 0.2) is 11.5 Å². The summed E-state index contributed by atoms with van der Waals surface area (Å²) in [5.74, 6) is 1.95. The van der Waals surface area contributed by atoms with Crippen LogP contribution in [-0.2, 0) is 6.61 Å². The number of nitriles is 1. The van der Waals surface area contributed by atoms with Crippen molar-refractivity contribution in [3.8, 4) is 23.3 Å². The topological polar surface area (TPSA) is 77.5 Å². The van der Waals surface area contributed by atoms with E-state index >= 15 is 0 Å². The third-order valence-electron chi connectivity index (χ3n) is 3.02. The van der Waals surface area contributed by atoms with E-state index in [-0.39, 0.29) is 6.79 Å². The molecule has 5 nitrogen and oxygen atoms in total. The van der Waals surface area contributed by atoms with Crippen molar-refractivity contribution < 1.29 is 14.2 Å². The Bertz CT molecular complexity index is 692. The molecule has 20 heavy (non-hydrogen) atoms. The molecule has 0 saturated heterocycles. The normalized spacial score (nSPS) is 11.9. The zero-order valence-corrected chi connectivity index (χ0v) is 10.6. The molecule has 0 fully saturated rings. The van der Waals surface area contributed by atoms with Gasteiger partial charge in [-0.2, -0.15) is 5.26 Å². The quantitative estimate of drug-likeness (QED) is 0.865. The van der Waals surface area contributed by atoms with E-state index in [0.717, 1.165) is 11.3 Å². The highest BCUT2D eigenvalue weighted by Gasteiger charge is 2.13. The summed E-state index contributed by atoms with van der Waals surface area (Å²) in [5, 5.41) is 8.92. The van der Waals surface area contributed by atoms with Crippen LogP contribution in [0.3, 0.4) is 0 Å². The molecule has 0 atom stereocenters. The Hall–Kier alpha value is -2.87. The number of hydrogen-bond donors (Lipinski definition) is 1. The Morgan fingerprint density at radius 3 is 2.90 bits per heavy atom. The van der Waals surface area contributed by atoms with Gasteiger partial charge in [-0.15, -0.1) is 0 Å². The highest BCUT2D eigenvalue weighted by molar-refractivity contribution is 5.63. The van der Waals surface area contributed by atoms with E-state index in [1.807, 2.05) is 24.3 Å². The Labute approximate surface area is 116 Å². The second-order valence-corrected chi connectivity index (χ2v) is 4.31. The highest BCUT2D eigenvalue weighted by Crippen LogP contribution is 2.33. The maximum atomic E-state index is 8.92. The molecule has 2 N–H and O–H groups in total. The maximum Gasteiger partial charge on any atom is 0.231 e. The molecule has 5 heteroatoms. The van der Waals surface area contributed by atoms with Gasteiger partial charge in [0.2, 0.25) is 6.79 Å². The van der Waals surface area contributed by atoms with Crippen LogP contribution in [0.25, 0.3) is 0 Å². The fourth-order valence-electron chi connectivity index (χ4n) is 1.96. The summed E-state index contributed by atoms with van der Waals surface area (Å²) in [6, 6.07) is 12.8. The van der Waals surface area contributed by atoms with Crippen molar-refractivity contribution in [2.24, 2.45) is 0 Å². The minimum atomic E-state index is 0.247. The van der Waals surface area contributed by atoms with E-state index in [1.54, 1.807) is 18.2 Å². The molecule has 0 saturated carbocycles. The third kappa shape index (κ3) is 2.19. The lowest BCUT2D eigenvalue weighted by atomic mass is 10.2. The van der Waals surface area contributed by atoms with Gasteiger partial charge in [0.1, 0.15) is 18.4 Å². The zero-order valence-electron chi connectivity index (χ0n) is 10.6. The molecule has 2 aromatic carbocycles. The first-order valence-corrected chi connectivity index (χ1v) is 6.08. The van der Waals surface area contributed by atoms with Crippen molar-refractivity contribution in [1.82, 2.24) is 0 Å². The maximum absolute atomic E-state index is 8.92. The van der Waals surface area contributed by atoms with E-state index in [4.69, 9.17) is 25.2 Å². The van der Waals surface area contributed by atoms with E-state index in [2.05, 4.69) is 0 Å². The SMILES string of the molecule is N#Cc1cccc(OCc2ccc3c(c2)OCO3)c1N. The minimum Gasteiger partial charge on any atom is -0.487 e. The summed E-state index contributed by atoms with van der Waals surface area (Å²) < 4.78 is 16.2. The molecule has 1 aliphatic rings. The van der Waals surface area contributed by atoms with Crippen LogP contribution in [0.4, 0.5) is 5.69 Å². The van der Waals surface area contributed by atoms with Crippen molar-refractivity contribution in [2.45, 2.75) is 6.61 Å². The average molecular weight is 268 g/mol. The number of ether oxygens (including phenoxy) is 3. The molecular formula is C15H12N2O3. The van der Waals surface area contributed by atoms with Gasteiger partial charge in [0.25, 0.3) is 0 Å².